The van der Waals surface area contributed by atoms with Crippen LogP contribution in [0.15, 0.2) is 224 Å². The Balaban J connectivity index is 1.10. The van der Waals surface area contributed by atoms with Crippen molar-refractivity contribution in [3.8, 4) is 33.4 Å². The van der Waals surface area contributed by atoms with Gasteiger partial charge >= 0.3 is 0 Å². The zero-order valence-electron chi connectivity index (χ0n) is 32.8. The average Bonchev–Trinajstić information content (AvgIpc) is 3.79. The summed E-state index contributed by atoms with van der Waals surface area (Å²) in [5, 5.41) is 10.1. The molecule has 0 N–H and O–H groups in total. The molecule has 0 aromatic heterocycles. The Labute approximate surface area is 349 Å². The molecule has 0 amide bonds. The second kappa shape index (κ2) is 12.6. The van der Waals surface area contributed by atoms with Crippen molar-refractivity contribution in [2.24, 2.45) is 0 Å². The Bertz CT molecular complexity index is 3470. The molecule has 11 aromatic carbocycles. The molecule has 11 aromatic rings. The van der Waals surface area contributed by atoms with Crippen molar-refractivity contribution in [1.82, 2.24) is 0 Å². The largest absolute Gasteiger partial charge is 0.310 e. The molecule has 0 saturated carbocycles. The molecule has 278 valence electrons. The van der Waals surface area contributed by atoms with Gasteiger partial charge in [0.2, 0.25) is 0 Å². The van der Waals surface area contributed by atoms with Crippen LogP contribution in [-0.2, 0) is 5.41 Å². The van der Waals surface area contributed by atoms with Gasteiger partial charge < -0.3 is 4.90 Å². The minimum atomic E-state index is -0.440. The third-order valence-corrected chi connectivity index (χ3v) is 13.4. The van der Waals surface area contributed by atoms with Crippen LogP contribution in [0.5, 0.6) is 0 Å². The van der Waals surface area contributed by atoms with E-state index in [-0.39, 0.29) is 0 Å². The van der Waals surface area contributed by atoms with Gasteiger partial charge in [0.25, 0.3) is 0 Å². The van der Waals surface area contributed by atoms with E-state index in [0.29, 0.717) is 0 Å². The van der Waals surface area contributed by atoms with Crippen LogP contribution in [-0.4, -0.2) is 0 Å². The smallest absolute Gasteiger partial charge is 0.0726 e. The highest BCUT2D eigenvalue weighted by atomic mass is 15.1. The molecule has 0 heterocycles. The van der Waals surface area contributed by atoms with Crippen LogP contribution in [0.3, 0.4) is 0 Å². The molecule has 1 heteroatoms. The zero-order chi connectivity index (χ0) is 39.4. The van der Waals surface area contributed by atoms with Gasteiger partial charge in [0.15, 0.2) is 0 Å². The summed E-state index contributed by atoms with van der Waals surface area (Å²) < 4.78 is 0. The molecule has 0 aliphatic heterocycles. The molecular formula is C59H37N. The maximum atomic E-state index is 2.50. The monoisotopic (exact) mass is 759 g/mol. The average molecular weight is 760 g/mol. The maximum Gasteiger partial charge on any atom is 0.0726 e. The Morgan fingerprint density at radius 3 is 1.33 bits per heavy atom. The molecule has 0 radical (unpaired) electrons. The Morgan fingerprint density at radius 2 is 0.683 bits per heavy atom. The number of hydrogen-bond donors (Lipinski definition) is 0. The highest BCUT2D eigenvalue weighted by Crippen LogP contribution is 2.63. The lowest BCUT2D eigenvalue weighted by Gasteiger charge is -2.32. The van der Waals surface area contributed by atoms with Crippen molar-refractivity contribution < 1.29 is 0 Å². The van der Waals surface area contributed by atoms with Gasteiger partial charge in [0, 0.05) is 17.1 Å². The van der Waals surface area contributed by atoms with Gasteiger partial charge in [-0.25, -0.2) is 0 Å². The summed E-state index contributed by atoms with van der Waals surface area (Å²) in [6.45, 7) is 0. The summed E-state index contributed by atoms with van der Waals surface area (Å²) >= 11 is 0. The summed E-state index contributed by atoms with van der Waals surface area (Å²) in [5.41, 5.74) is 15.9. The standard InChI is InChI=1S/C59H37N/c1-2-19-43-38(15-1)16-14-27-44(43)39-17-13-18-40(35-39)60(41-31-33-49-47-22-4-3-20-45(47)46-21-5-6-23-48(46)54(49)36-41)42-32-34-53-52-26-9-12-30-57(52)59(58(53)37-42)55-28-10-7-24-50(55)51-25-8-11-29-56(51)59/h1-37H. The van der Waals surface area contributed by atoms with Crippen molar-refractivity contribution >= 4 is 60.2 Å². The molecule has 0 fully saturated rings. The van der Waals surface area contributed by atoms with Gasteiger partial charge in [-0.3, -0.25) is 0 Å². The molecule has 13 rings (SSSR count). The number of benzene rings is 11. The second-order valence-electron chi connectivity index (χ2n) is 16.4. The van der Waals surface area contributed by atoms with Gasteiger partial charge in [0.05, 0.1) is 5.41 Å². The molecule has 2 aliphatic carbocycles. The quantitative estimate of drug-likeness (QED) is 0.162. The van der Waals surface area contributed by atoms with Crippen molar-refractivity contribution in [3.05, 3.63) is 247 Å². The molecule has 0 atom stereocenters. The van der Waals surface area contributed by atoms with E-state index in [1.54, 1.807) is 0 Å². The molecule has 1 nitrogen and oxygen atoms in total. The number of fused-ring (bicyclic) bond motifs is 17. The van der Waals surface area contributed by atoms with E-state index in [1.807, 2.05) is 0 Å². The number of nitrogens with zero attached hydrogens (tertiary/aromatic N) is 1. The summed E-state index contributed by atoms with van der Waals surface area (Å²) in [6.07, 6.45) is 0. The third-order valence-electron chi connectivity index (χ3n) is 13.4. The molecule has 0 saturated heterocycles. The van der Waals surface area contributed by atoms with E-state index < -0.39 is 5.41 Å². The first kappa shape index (κ1) is 33.3. The normalized spacial score (nSPS) is 13.1. The predicted molar refractivity (Wildman–Crippen MR) is 253 cm³/mol. The van der Waals surface area contributed by atoms with Crippen LogP contribution >= 0.6 is 0 Å². The Kier molecular flexibility index (Phi) is 7.00. The lowest BCUT2D eigenvalue weighted by atomic mass is 9.70. The SMILES string of the molecule is c1cc(-c2cccc3ccccc23)cc(N(c2ccc3c(c2)C2(c4ccccc4-c4ccccc42)c2ccccc2-3)c2ccc3c4ccccc4c4ccccc4c3c2)c1. The van der Waals surface area contributed by atoms with Crippen LogP contribution in [0.4, 0.5) is 17.1 Å². The van der Waals surface area contributed by atoms with Gasteiger partial charge in [0.1, 0.15) is 0 Å². The van der Waals surface area contributed by atoms with E-state index >= 15 is 0 Å². The summed E-state index contributed by atoms with van der Waals surface area (Å²) in [4.78, 5) is 2.49. The number of anilines is 3. The van der Waals surface area contributed by atoms with E-state index in [1.165, 1.54) is 98.7 Å². The molecular weight excluding hydrogens is 723 g/mol. The van der Waals surface area contributed by atoms with E-state index in [4.69, 9.17) is 0 Å². The fourth-order valence-electron chi connectivity index (χ4n) is 11.0. The highest BCUT2D eigenvalue weighted by Gasteiger charge is 2.51. The lowest BCUT2D eigenvalue weighted by molar-refractivity contribution is 0.793. The van der Waals surface area contributed by atoms with Gasteiger partial charge in [-0.1, -0.05) is 188 Å². The fourth-order valence-corrected chi connectivity index (χ4v) is 11.0. The van der Waals surface area contributed by atoms with Gasteiger partial charge in [-0.15, -0.1) is 0 Å². The van der Waals surface area contributed by atoms with Crippen LogP contribution < -0.4 is 4.90 Å². The minimum absolute atomic E-state index is 0.440. The number of rotatable bonds is 4. The fraction of sp³-hybridized carbons (Fsp3) is 0.0169. The molecule has 0 bridgehead atoms. The number of hydrogen-bond acceptors (Lipinski definition) is 1. The maximum absolute atomic E-state index is 2.50. The van der Waals surface area contributed by atoms with Crippen molar-refractivity contribution in [2.75, 3.05) is 4.90 Å². The second-order valence-corrected chi connectivity index (χ2v) is 16.4. The van der Waals surface area contributed by atoms with Crippen LogP contribution in [0.25, 0.3) is 76.5 Å². The van der Waals surface area contributed by atoms with Crippen LogP contribution in [0.2, 0.25) is 0 Å². The molecule has 0 unspecified atom stereocenters. The first-order valence-corrected chi connectivity index (χ1v) is 20.9. The van der Waals surface area contributed by atoms with Crippen molar-refractivity contribution in [1.29, 1.82) is 0 Å². The van der Waals surface area contributed by atoms with Gasteiger partial charge in [-0.05, 0) is 135 Å². The van der Waals surface area contributed by atoms with Crippen molar-refractivity contribution in [2.45, 2.75) is 5.41 Å². The molecule has 2 aliphatic rings. The van der Waals surface area contributed by atoms with E-state index in [9.17, 15) is 0 Å². The molecule has 60 heavy (non-hydrogen) atoms. The minimum Gasteiger partial charge on any atom is -0.310 e. The molecule has 1 spiro atoms. The predicted octanol–water partition coefficient (Wildman–Crippen LogP) is 15.8. The highest BCUT2D eigenvalue weighted by molar-refractivity contribution is 6.25. The first-order valence-electron chi connectivity index (χ1n) is 20.9. The Hall–Kier alpha value is -7.74. The van der Waals surface area contributed by atoms with Crippen LogP contribution in [0.1, 0.15) is 22.3 Å². The summed E-state index contributed by atoms with van der Waals surface area (Å²) in [5.74, 6) is 0. The van der Waals surface area contributed by atoms with Crippen molar-refractivity contribution in [3.63, 3.8) is 0 Å². The summed E-state index contributed by atoms with van der Waals surface area (Å²) in [7, 11) is 0. The van der Waals surface area contributed by atoms with Crippen LogP contribution in [0, 0.1) is 0 Å². The third kappa shape index (κ3) is 4.52. The topological polar surface area (TPSA) is 3.24 Å². The Morgan fingerprint density at radius 1 is 0.250 bits per heavy atom. The summed E-state index contributed by atoms with van der Waals surface area (Å²) in [6, 6.07) is 83.7. The lowest BCUT2D eigenvalue weighted by Crippen LogP contribution is -2.26. The van der Waals surface area contributed by atoms with E-state index in [0.717, 1.165) is 17.1 Å². The van der Waals surface area contributed by atoms with E-state index in [2.05, 4.69) is 229 Å². The first-order chi connectivity index (χ1) is 29.8. The zero-order valence-corrected chi connectivity index (χ0v) is 32.8. The van der Waals surface area contributed by atoms with Gasteiger partial charge in [-0.2, -0.15) is 0 Å².